The van der Waals surface area contributed by atoms with E-state index >= 15 is 0 Å². The summed E-state index contributed by atoms with van der Waals surface area (Å²) in [6.45, 7) is 7.10. The maximum atomic E-state index is 12.0. The van der Waals surface area contributed by atoms with E-state index in [0.29, 0.717) is 18.5 Å². The van der Waals surface area contributed by atoms with E-state index in [1.807, 2.05) is 17.0 Å². The van der Waals surface area contributed by atoms with Crippen molar-refractivity contribution >= 4 is 17.3 Å². The highest BCUT2D eigenvalue weighted by molar-refractivity contribution is 5.96. The summed E-state index contributed by atoms with van der Waals surface area (Å²) < 4.78 is 5.55. The summed E-state index contributed by atoms with van der Waals surface area (Å²) in [7, 11) is 1.70. The number of benzene rings is 1. The Hall–Kier alpha value is -1.75. The van der Waals surface area contributed by atoms with Crippen molar-refractivity contribution in [3.63, 3.8) is 0 Å². The molecule has 1 N–H and O–H groups in total. The fourth-order valence-corrected chi connectivity index (χ4v) is 3.54. The van der Waals surface area contributed by atoms with Crippen LogP contribution in [0, 0.1) is 0 Å². The van der Waals surface area contributed by atoms with Crippen molar-refractivity contribution in [2.75, 3.05) is 36.5 Å². The van der Waals surface area contributed by atoms with E-state index in [9.17, 15) is 4.79 Å². The standard InChI is InChI=1S/C17H25N3O2/c1-12-10-19(11-13(2)18-12)15-9-14(6-7-16(15)22-3)20-8-4-5-17(20)21/h6-7,9,12-13,18H,4-5,8,10-11H2,1-3H3. The van der Waals surface area contributed by atoms with Gasteiger partial charge >= 0.3 is 0 Å². The Morgan fingerprint density at radius 1 is 1.23 bits per heavy atom. The molecule has 120 valence electrons. The van der Waals surface area contributed by atoms with Crippen LogP contribution < -0.4 is 19.9 Å². The number of hydrogen-bond acceptors (Lipinski definition) is 4. The molecule has 0 aromatic heterocycles. The Balaban J connectivity index is 1.92. The second-order valence-corrected chi connectivity index (χ2v) is 6.38. The highest BCUT2D eigenvalue weighted by Crippen LogP contribution is 2.35. The minimum absolute atomic E-state index is 0.221. The van der Waals surface area contributed by atoms with Gasteiger partial charge in [-0.25, -0.2) is 0 Å². The first kappa shape index (κ1) is 15.2. The van der Waals surface area contributed by atoms with Gasteiger partial charge in [-0.1, -0.05) is 0 Å². The molecule has 2 heterocycles. The van der Waals surface area contributed by atoms with E-state index in [1.54, 1.807) is 7.11 Å². The van der Waals surface area contributed by atoms with Crippen molar-refractivity contribution in [1.82, 2.24) is 5.32 Å². The zero-order valence-electron chi connectivity index (χ0n) is 13.6. The SMILES string of the molecule is COc1ccc(N2CCCC2=O)cc1N1CC(C)NC(C)C1. The molecule has 1 aromatic rings. The van der Waals surface area contributed by atoms with Crippen molar-refractivity contribution in [3.05, 3.63) is 18.2 Å². The lowest BCUT2D eigenvalue weighted by molar-refractivity contribution is -0.117. The first-order chi connectivity index (χ1) is 10.6. The molecule has 2 unspecified atom stereocenters. The van der Waals surface area contributed by atoms with E-state index in [4.69, 9.17) is 4.74 Å². The van der Waals surface area contributed by atoms with E-state index in [1.165, 1.54) is 0 Å². The number of nitrogens with one attached hydrogen (secondary N) is 1. The molecule has 0 radical (unpaired) electrons. The summed E-state index contributed by atoms with van der Waals surface area (Å²) >= 11 is 0. The van der Waals surface area contributed by atoms with E-state index < -0.39 is 0 Å². The smallest absolute Gasteiger partial charge is 0.227 e. The molecule has 1 amide bonds. The molecule has 0 saturated carbocycles. The van der Waals surface area contributed by atoms with E-state index in [2.05, 4.69) is 30.1 Å². The molecule has 22 heavy (non-hydrogen) atoms. The van der Waals surface area contributed by atoms with Crippen LogP contribution in [0.5, 0.6) is 5.75 Å². The van der Waals surface area contributed by atoms with Gasteiger partial charge in [-0.05, 0) is 38.5 Å². The Bertz CT molecular complexity index is 551. The molecule has 0 aliphatic carbocycles. The van der Waals surface area contributed by atoms with Crippen LogP contribution in [0.25, 0.3) is 0 Å². The van der Waals surface area contributed by atoms with Crippen LogP contribution in [-0.4, -0.2) is 44.7 Å². The van der Waals surface area contributed by atoms with Gasteiger partial charge in [0.05, 0.1) is 12.8 Å². The van der Waals surface area contributed by atoms with E-state index in [-0.39, 0.29) is 5.91 Å². The number of rotatable bonds is 3. The Morgan fingerprint density at radius 2 is 1.95 bits per heavy atom. The molecular formula is C17H25N3O2. The molecule has 0 bridgehead atoms. The van der Waals surface area contributed by atoms with Gasteiger partial charge in [0.2, 0.25) is 5.91 Å². The molecule has 2 fully saturated rings. The molecule has 2 aliphatic rings. The van der Waals surface area contributed by atoms with Crippen LogP contribution in [0.2, 0.25) is 0 Å². The summed E-state index contributed by atoms with van der Waals surface area (Å²) in [5, 5.41) is 3.55. The number of hydrogen-bond donors (Lipinski definition) is 1. The van der Waals surface area contributed by atoms with Crippen LogP contribution in [-0.2, 0) is 4.79 Å². The summed E-state index contributed by atoms with van der Waals surface area (Å²) in [4.78, 5) is 16.2. The number of ether oxygens (including phenoxy) is 1. The second kappa shape index (κ2) is 6.16. The maximum Gasteiger partial charge on any atom is 0.227 e. The number of methoxy groups -OCH3 is 1. The van der Waals surface area contributed by atoms with Gasteiger partial charge < -0.3 is 19.9 Å². The van der Waals surface area contributed by atoms with Crippen molar-refractivity contribution in [2.24, 2.45) is 0 Å². The predicted octanol–water partition coefficient (Wildman–Crippen LogP) is 2.01. The summed E-state index contributed by atoms with van der Waals surface area (Å²) in [5.74, 6) is 1.09. The highest BCUT2D eigenvalue weighted by Gasteiger charge is 2.26. The number of carbonyl (C=O) groups excluding carboxylic acids is 1. The fraction of sp³-hybridized carbons (Fsp3) is 0.588. The maximum absolute atomic E-state index is 12.0. The topological polar surface area (TPSA) is 44.8 Å². The highest BCUT2D eigenvalue weighted by atomic mass is 16.5. The number of amides is 1. The third-order valence-corrected chi connectivity index (χ3v) is 4.45. The number of nitrogens with zero attached hydrogens (tertiary/aromatic N) is 2. The molecule has 2 atom stereocenters. The predicted molar refractivity (Wildman–Crippen MR) is 88.9 cm³/mol. The molecule has 2 aliphatic heterocycles. The number of anilines is 2. The Labute approximate surface area is 132 Å². The van der Waals surface area contributed by atoms with Gasteiger partial charge in [-0.15, -0.1) is 0 Å². The molecular weight excluding hydrogens is 278 g/mol. The molecule has 3 rings (SSSR count). The third kappa shape index (κ3) is 2.90. The van der Waals surface area contributed by atoms with Crippen molar-refractivity contribution in [1.29, 1.82) is 0 Å². The van der Waals surface area contributed by atoms with Crippen LogP contribution in [0.4, 0.5) is 11.4 Å². The summed E-state index contributed by atoms with van der Waals surface area (Å²) in [6, 6.07) is 6.94. The molecule has 0 spiro atoms. The average Bonchev–Trinajstić information content (AvgIpc) is 2.91. The van der Waals surface area contributed by atoms with Crippen LogP contribution >= 0.6 is 0 Å². The van der Waals surface area contributed by atoms with Gasteiger partial charge in [0.1, 0.15) is 5.75 Å². The van der Waals surface area contributed by atoms with Crippen molar-refractivity contribution in [3.8, 4) is 5.75 Å². The largest absolute Gasteiger partial charge is 0.495 e. The summed E-state index contributed by atoms with van der Waals surface area (Å²) in [5.41, 5.74) is 2.07. The normalized spacial score (nSPS) is 25.7. The van der Waals surface area contributed by atoms with Crippen molar-refractivity contribution < 1.29 is 9.53 Å². The molecule has 2 saturated heterocycles. The van der Waals surface area contributed by atoms with Gasteiger partial charge in [-0.3, -0.25) is 4.79 Å². The Morgan fingerprint density at radius 3 is 2.55 bits per heavy atom. The number of carbonyl (C=O) groups is 1. The van der Waals surface area contributed by atoms with Gasteiger partial charge in [0, 0.05) is 43.8 Å². The quantitative estimate of drug-likeness (QED) is 0.928. The third-order valence-electron chi connectivity index (χ3n) is 4.45. The van der Waals surface area contributed by atoms with Crippen LogP contribution in [0.15, 0.2) is 18.2 Å². The fourth-order valence-electron chi connectivity index (χ4n) is 3.54. The van der Waals surface area contributed by atoms with Crippen molar-refractivity contribution in [2.45, 2.75) is 38.8 Å². The second-order valence-electron chi connectivity index (χ2n) is 6.38. The minimum atomic E-state index is 0.221. The average molecular weight is 303 g/mol. The lowest BCUT2D eigenvalue weighted by Gasteiger charge is -2.38. The zero-order valence-corrected chi connectivity index (χ0v) is 13.6. The monoisotopic (exact) mass is 303 g/mol. The first-order valence-corrected chi connectivity index (χ1v) is 8.08. The Kier molecular flexibility index (Phi) is 4.25. The lowest BCUT2D eigenvalue weighted by atomic mass is 10.1. The number of piperazine rings is 1. The molecule has 5 heteroatoms. The van der Waals surface area contributed by atoms with Crippen LogP contribution in [0.3, 0.4) is 0 Å². The molecule has 5 nitrogen and oxygen atoms in total. The van der Waals surface area contributed by atoms with E-state index in [0.717, 1.165) is 43.2 Å². The van der Waals surface area contributed by atoms with Crippen LogP contribution in [0.1, 0.15) is 26.7 Å². The first-order valence-electron chi connectivity index (χ1n) is 8.08. The lowest BCUT2D eigenvalue weighted by Crippen LogP contribution is -2.54. The van der Waals surface area contributed by atoms with Gasteiger partial charge in [0.25, 0.3) is 0 Å². The zero-order chi connectivity index (χ0) is 15.7. The minimum Gasteiger partial charge on any atom is -0.495 e. The van der Waals surface area contributed by atoms with Gasteiger partial charge in [0.15, 0.2) is 0 Å². The summed E-state index contributed by atoms with van der Waals surface area (Å²) in [6.07, 6.45) is 1.60. The molecule has 1 aromatic carbocycles. The van der Waals surface area contributed by atoms with Gasteiger partial charge in [-0.2, -0.15) is 0 Å².